The third-order valence-electron chi connectivity index (χ3n) is 1.68. The van der Waals surface area contributed by atoms with E-state index in [4.69, 9.17) is 22.1 Å². The lowest BCUT2D eigenvalue weighted by Gasteiger charge is -2.05. The highest BCUT2D eigenvalue weighted by Crippen LogP contribution is 2.15. The Kier molecular flexibility index (Phi) is 4.54. The second-order valence-corrected chi connectivity index (χ2v) is 3.39. The summed E-state index contributed by atoms with van der Waals surface area (Å²) < 4.78 is 5.30. The highest BCUT2D eigenvalue weighted by molar-refractivity contribution is 6.30. The summed E-state index contributed by atoms with van der Waals surface area (Å²) in [7, 11) is 0. The molecule has 0 aromatic heterocycles. The number of rotatable bonds is 4. The first kappa shape index (κ1) is 12.3. The summed E-state index contributed by atoms with van der Waals surface area (Å²) in [6, 6.07) is 6.83. The van der Waals surface area contributed by atoms with Crippen LogP contribution < -0.4 is 10.5 Å². The molecule has 0 aliphatic rings. The molecule has 0 spiro atoms. The Morgan fingerprint density at radius 1 is 1.50 bits per heavy atom. The summed E-state index contributed by atoms with van der Waals surface area (Å²) in [5.74, 6) is 0.136. The molecule has 4 nitrogen and oxygen atoms in total. The molecule has 0 unspecified atom stereocenters. The van der Waals surface area contributed by atoms with Crippen molar-refractivity contribution in [2.45, 2.75) is 0 Å². The smallest absolute Gasteiger partial charge is 0.270 e. The van der Waals surface area contributed by atoms with Crippen LogP contribution in [0.4, 0.5) is 0 Å². The Balaban J connectivity index is 2.51. The summed E-state index contributed by atoms with van der Waals surface area (Å²) in [6.07, 6.45) is 1.17. The van der Waals surface area contributed by atoms with Gasteiger partial charge in [-0.05, 0) is 31.0 Å². The number of amides is 1. The zero-order valence-corrected chi connectivity index (χ0v) is 9.28. The monoisotopic (exact) mass is 238 g/mol. The molecule has 0 radical (unpaired) electrons. The molecular formula is C11H11ClN2O2. The zero-order chi connectivity index (χ0) is 12.0. The normalized spacial score (nSPS) is 10.9. The molecule has 0 heterocycles. The highest BCUT2D eigenvalue weighted by Gasteiger charge is 1.98. The lowest BCUT2D eigenvalue weighted by atomic mass is 10.3. The molecule has 5 heteroatoms. The van der Waals surface area contributed by atoms with E-state index in [0.717, 1.165) is 0 Å². The van der Waals surface area contributed by atoms with Crippen LogP contribution in [0, 0.1) is 0 Å². The van der Waals surface area contributed by atoms with Gasteiger partial charge in [0.05, 0.1) is 5.70 Å². The van der Waals surface area contributed by atoms with Crippen LogP contribution in [0.1, 0.15) is 0 Å². The van der Waals surface area contributed by atoms with Crippen LogP contribution in [-0.4, -0.2) is 19.2 Å². The zero-order valence-electron chi connectivity index (χ0n) is 8.52. The standard InChI is InChI=1S/C11H11ClN2O2/c1-14-11(15)6-9(13)7-16-10-4-2-8(12)3-5-10/h2-6H,1,7,13H2/b9-6-. The first-order valence-electron chi connectivity index (χ1n) is 4.47. The van der Waals surface area contributed by atoms with E-state index in [1.807, 2.05) is 0 Å². The van der Waals surface area contributed by atoms with Crippen LogP contribution in [0.2, 0.25) is 5.02 Å². The molecule has 0 fully saturated rings. The lowest BCUT2D eigenvalue weighted by Crippen LogP contribution is -2.10. The predicted molar refractivity (Wildman–Crippen MR) is 63.8 cm³/mol. The maximum atomic E-state index is 10.8. The van der Waals surface area contributed by atoms with Crippen LogP contribution in [0.15, 0.2) is 41.0 Å². The Morgan fingerprint density at radius 2 is 2.12 bits per heavy atom. The van der Waals surface area contributed by atoms with Gasteiger partial charge >= 0.3 is 0 Å². The van der Waals surface area contributed by atoms with Crippen molar-refractivity contribution in [3.8, 4) is 5.75 Å². The molecule has 0 atom stereocenters. The van der Waals surface area contributed by atoms with Crippen LogP contribution in [0.25, 0.3) is 0 Å². The van der Waals surface area contributed by atoms with Crippen LogP contribution in [-0.2, 0) is 4.79 Å². The van der Waals surface area contributed by atoms with Crippen LogP contribution in [0.5, 0.6) is 5.75 Å². The molecule has 1 aromatic rings. The van der Waals surface area contributed by atoms with Gasteiger partial charge in [0, 0.05) is 11.1 Å². The number of carbonyl (C=O) groups is 1. The summed E-state index contributed by atoms with van der Waals surface area (Å²) >= 11 is 5.71. The maximum absolute atomic E-state index is 10.8. The van der Waals surface area contributed by atoms with Gasteiger partial charge in [-0.1, -0.05) is 11.6 Å². The number of nitrogens with two attached hydrogens (primary N) is 1. The first-order valence-corrected chi connectivity index (χ1v) is 4.84. The molecule has 0 saturated carbocycles. The molecule has 1 rings (SSSR count). The van der Waals surface area contributed by atoms with Gasteiger partial charge in [-0.2, -0.15) is 0 Å². The molecule has 16 heavy (non-hydrogen) atoms. The minimum atomic E-state index is -0.489. The molecule has 84 valence electrons. The average Bonchev–Trinajstić information content (AvgIpc) is 2.28. The van der Waals surface area contributed by atoms with E-state index < -0.39 is 5.91 Å². The van der Waals surface area contributed by atoms with Gasteiger partial charge in [-0.15, -0.1) is 0 Å². The molecule has 0 aliphatic heterocycles. The minimum absolute atomic E-state index is 0.114. The van der Waals surface area contributed by atoms with Crippen molar-refractivity contribution in [3.05, 3.63) is 41.1 Å². The van der Waals surface area contributed by atoms with Crippen molar-refractivity contribution < 1.29 is 9.53 Å². The average molecular weight is 239 g/mol. The minimum Gasteiger partial charge on any atom is -0.487 e. The van der Waals surface area contributed by atoms with Crippen molar-refractivity contribution in [3.63, 3.8) is 0 Å². The first-order chi connectivity index (χ1) is 7.61. The fourth-order valence-corrected chi connectivity index (χ4v) is 1.07. The Morgan fingerprint density at radius 3 is 2.69 bits per heavy atom. The van der Waals surface area contributed by atoms with Crippen molar-refractivity contribution in [2.24, 2.45) is 10.7 Å². The molecule has 0 saturated heterocycles. The SMILES string of the molecule is C=NC(=O)/C=C(\N)COc1ccc(Cl)cc1. The Hall–Kier alpha value is -1.81. The van der Waals surface area contributed by atoms with Gasteiger partial charge < -0.3 is 10.5 Å². The molecule has 1 amide bonds. The Bertz CT molecular complexity index is 412. The number of benzene rings is 1. The number of ether oxygens (including phenoxy) is 1. The van der Waals surface area contributed by atoms with Crippen molar-refractivity contribution in [1.29, 1.82) is 0 Å². The van der Waals surface area contributed by atoms with E-state index in [9.17, 15) is 4.79 Å². The number of carbonyl (C=O) groups excluding carboxylic acids is 1. The van der Waals surface area contributed by atoms with Gasteiger partial charge in [0.25, 0.3) is 5.91 Å². The second kappa shape index (κ2) is 5.92. The van der Waals surface area contributed by atoms with Crippen LogP contribution >= 0.6 is 11.6 Å². The van der Waals surface area contributed by atoms with E-state index in [1.54, 1.807) is 24.3 Å². The van der Waals surface area contributed by atoms with Gasteiger partial charge in [-0.3, -0.25) is 4.79 Å². The highest BCUT2D eigenvalue weighted by atomic mass is 35.5. The van der Waals surface area contributed by atoms with E-state index in [1.165, 1.54) is 6.08 Å². The third-order valence-corrected chi connectivity index (χ3v) is 1.94. The van der Waals surface area contributed by atoms with E-state index in [0.29, 0.717) is 10.8 Å². The number of aliphatic imine (C=N–C) groups is 1. The maximum Gasteiger partial charge on any atom is 0.270 e. The van der Waals surface area contributed by atoms with Crippen molar-refractivity contribution in [2.75, 3.05) is 6.61 Å². The van der Waals surface area contributed by atoms with E-state index in [-0.39, 0.29) is 12.3 Å². The summed E-state index contributed by atoms with van der Waals surface area (Å²) in [4.78, 5) is 14.0. The van der Waals surface area contributed by atoms with E-state index >= 15 is 0 Å². The van der Waals surface area contributed by atoms with Gasteiger partial charge in [0.1, 0.15) is 12.4 Å². The van der Waals surface area contributed by atoms with Gasteiger partial charge in [0.15, 0.2) is 0 Å². The van der Waals surface area contributed by atoms with Gasteiger partial charge in [0.2, 0.25) is 0 Å². The number of halogens is 1. The molecule has 2 N–H and O–H groups in total. The lowest BCUT2D eigenvalue weighted by molar-refractivity contribution is -0.113. The molecule has 0 bridgehead atoms. The van der Waals surface area contributed by atoms with Crippen molar-refractivity contribution in [1.82, 2.24) is 0 Å². The summed E-state index contributed by atoms with van der Waals surface area (Å²) in [5, 5.41) is 0.627. The Labute approximate surface area is 98.4 Å². The number of hydrogen-bond donors (Lipinski definition) is 1. The fourth-order valence-electron chi connectivity index (χ4n) is 0.943. The quantitative estimate of drug-likeness (QED) is 0.643. The number of hydrogen-bond acceptors (Lipinski definition) is 3. The summed E-state index contributed by atoms with van der Waals surface area (Å²) in [6.45, 7) is 3.20. The fraction of sp³-hybridized carbons (Fsp3) is 0.0909. The second-order valence-electron chi connectivity index (χ2n) is 2.96. The molecule has 1 aromatic carbocycles. The van der Waals surface area contributed by atoms with Crippen LogP contribution in [0.3, 0.4) is 0 Å². The topological polar surface area (TPSA) is 64.7 Å². The van der Waals surface area contributed by atoms with Gasteiger partial charge in [-0.25, -0.2) is 4.99 Å². The largest absolute Gasteiger partial charge is 0.487 e. The van der Waals surface area contributed by atoms with Crippen molar-refractivity contribution >= 4 is 24.2 Å². The molecule has 0 aliphatic carbocycles. The predicted octanol–water partition coefficient (Wildman–Crippen LogP) is 1.79. The summed E-state index contributed by atoms with van der Waals surface area (Å²) in [5.41, 5.74) is 5.81. The van der Waals surface area contributed by atoms with E-state index in [2.05, 4.69) is 11.7 Å². The third kappa shape index (κ3) is 4.14. The molecular weight excluding hydrogens is 228 g/mol. The number of nitrogens with zero attached hydrogens (tertiary/aromatic N) is 1.